The number of alkyl halides is 1. The lowest BCUT2D eigenvalue weighted by Gasteiger charge is -2.05. The Morgan fingerprint density at radius 3 is 2.00 bits per heavy atom. The van der Waals surface area contributed by atoms with Crippen LogP contribution in [0.25, 0.3) is 0 Å². The summed E-state index contributed by atoms with van der Waals surface area (Å²) in [5.74, 6) is 0. The van der Waals surface area contributed by atoms with Gasteiger partial charge in [-0.25, -0.2) is 4.79 Å². The highest BCUT2D eigenvalue weighted by atomic mass is 35.5. The normalized spacial score (nSPS) is 12.2. The minimum Gasteiger partial charge on any atom is -0.405 e. The molecule has 0 aromatic heterocycles. The van der Waals surface area contributed by atoms with E-state index in [0.717, 1.165) is 0 Å². The van der Waals surface area contributed by atoms with Crippen molar-refractivity contribution in [3.8, 4) is 0 Å². The molecule has 0 heterocycles. The van der Waals surface area contributed by atoms with E-state index < -0.39 is 27.8 Å². The summed E-state index contributed by atoms with van der Waals surface area (Å²) in [6.45, 7) is 0. The molecule has 74 valence electrons. The van der Waals surface area contributed by atoms with Gasteiger partial charge in [-0.15, -0.1) is 0 Å². The molecule has 0 bridgehead atoms. The average molecular weight is 217 g/mol. The number of halogens is 2. The minimum atomic E-state index is -3.00. The predicted molar refractivity (Wildman–Crippen MR) is 35.0 cm³/mol. The summed E-state index contributed by atoms with van der Waals surface area (Å²) in [6, 6.07) is 0. The maximum absolute atomic E-state index is 12.4. The van der Waals surface area contributed by atoms with Crippen molar-refractivity contribution in [1.82, 2.24) is 0 Å². The first-order chi connectivity index (χ1) is 5.86. The molecule has 0 amide bonds. The van der Waals surface area contributed by atoms with E-state index in [1.807, 2.05) is 0 Å². The van der Waals surface area contributed by atoms with Crippen LogP contribution in [0.5, 0.6) is 0 Å². The number of carbonyl (C=O) groups is 1. The Kier molecular flexibility index (Phi) is 3.98. The fourth-order valence-electron chi connectivity index (χ4n) is 0.418. The fraction of sp³-hybridized carbons (Fsp3) is 0.667. The van der Waals surface area contributed by atoms with Crippen molar-refractivity contribution in [2.75, 3.05) is 0 Å². The van der Waals surface area contributed by atoms with Crippen molar-refractivity contribution in [2.24, 2.45) is 0 Å². The molecule has 13 heavy (non-hydrogen) atoms. The first-order valence-electron chi connectivity index (χ1n) is 2.63. The summed E-state index contributed by atoms with van der Waals surface area (Å²) >= 11 is 4.48. The summed E-state index contributed by atoms with van der Waals surface area (Å²) in [5.41, 5.74) is -1.69. The number of rotatable bonds is 4. The molecule has 0 rings (SSSR count). The molecule has 8 nitrogen and oxygen atoms in total. The first-order valence-corrected chi connectivity index (χ1v) is 3.01. The molecule has 0 aliphatic heterocycles. The van der Waals surface area contributed by atoms with Gasteiger partial charge in [0.15, 0.2) is 0 Å². The van der Waals surface area contributed by atoms with Crippen LogP contribution in [0.2, 0.25) is 0 Å². The highest BCUT2D eigenvalue weighted by molar-refractivity contribution is 6.61. The molecule has 0 saturated heterocycles. The van der Waals surface area contributed by atoms with Crippen molar-refractivity contribution in [1.29, 1.82) is 0 Å². The summed E-state index contributed by atoms with van der Waals surface area (Å²) in [7, 11) is 0. The second kappa shape index (κ2) is 4.50. The van der Waals surface area contributed by atoms with E-state index in [2.05, 4.69) is 16.3 Å². The van der Waals surface area contributed by atoms with Gasteiger partial charge in [0.25, 0.3) is 0 Å². The van der Waals surface area contributed by atoms with Gasteiger partial charge in [0, 0.05) is 11.6 Å². The standard InChI is InChI=1S/C3H2ClFN2O6/c4-3(8)13-1(5)2(6(9)10)7(11)12/h1-2H. The maximum atomic E-state index is 12.4. The van der Waals surface area contributed by atoms with E-state index in [1.54, 1.807) is 0 Å². The van der Waals surface area contributed by atoms with Crippen molar-refractivity contribution >= 4 is 17.0 Å². The topological polar surface area (TPSA) is 113 Å². The summed E-state index contributed by atoms with van der Waals surface area (Å²) in [6.07, 6.45) is -5.86. The van der Waals surface area contributed by atoms with Gasteiger partial charge >= 0.3 is 18.0 Å². The highest BCUT2D eigenvalue weighted by Crippen LogP contribution is 2.07. The van der Waals surface area contributed by atoms with Crippen molar-refractivity contribution in [2.45, 2.75) is 12.5 Å². The van der Waals surface area contributed by atoms with Gasteiger partial charge in [-0.05, 0) is 0 Å². The number of ether oxygens (including phenoxy) is 1. The molecule has 0 aliphatic rings. The lowest BCUT2D eigenvalue weighted by atomic mass is 10.5. The quantitative estimate of drug-likeness (QED) is 0.293. The number of hydrogen-bond donors (Lipinski definition) is 0. The van der Waals surface area contributed by atoms with Gasteiger partial charge in [-0.1, -0.05) is 0 Å². The van der Waals surface area contributed by atoms with Crippen LogP contribution in [0, 0.1) is 20.2 Å². The van der Waals surface area contributed by atoms with E-state index in [0.29, 0.717) is 0 Å². The molecular formula is C3H2ClFN2O6. The van der Waals surface area contributed by atoms with Gasteiger partial charge in [0.2, 0.25) is 0 Å². The largest absolute Gasteiger partial charge is 0.515 e. The van der Waals surface area contributed by atoms with Crippen LogP contribution < -0.4 is 0 Å². The van der Waals surface area contributed by atoms with Crippen LogP contribution >= 0.6 is 11.6 Å². The number of carbonyl (C=O) groups excluding carboxylic acids is 1. The van der Waals surface area contributed by atoms with E-state index in [9.17, 15) is 29.4 Å². The van der Waals surface area contributed by atoms with Gasteiger partial charge in [-0.2, -0.15) is 4.39 Å². The van der Waals surface area contributed by atoms with E-state index in [4.69, 9.17) is 0 Å². The van der Waals surface area contributed by atoms with Crippen molar-refractivity contribution in [3.63, 3.8) is 0 Å². The lowest BCUT2D eigenvalue weighted by Crippen LogP contribution is -2.39. The number of hydrogen-bond acceptors (Lipinski definition) is 6. The molecule has 0 saturated carbocycles. The van der Waals surface area contributed by atoms with Gasteiger partial charge < -0.3 is 4.74 Å². The molecule has 0 aliphatic carbocycles. The Hall–Kier alpha value is -1.51. The third kappa shape index (κ3) is 3.60. The molecule has 0 aromatic carbocycles. The Morgan fingerprint density at radius 2 is 1.77 bits per heavy atom. The Bertz CT molecular complexity index is 232. The van der Waals surface area contributed by atoms with Crippen molar-refractivity contribution < 1.29 is 23.8 Å². The summed E-state index contributed by atoms with van der Waals surface area (Å²) in [5, 5.41) is 19.7. The minimum absolute atomic E-state index is 1.54. The molecule has 10 heteroatoms. The van der Waals surface area contributed by atoms with Crippen LogP contribution in [0.1, 0.15) is 0 Å². The third-order valence-corrected chi connectivity index (χ3v) is 0.961. The summed E-state index contributed by atoms with van der Waals surface area (Å²) in [4.78, 5) is 26.5. The highest BCUT2D eigenvalue weighted by Gasteiger charge is 2.45. The Labute approximate surface area is 74.5 Å². The molecule has 0 aromatic rings. The molecule has 0 fully saturated rings. The van der Waals surface area contributed by atoms with Crippen molar-refractivity contribution in [3.05, 3.63) is 20.2 Å². The third-order valence-electron chi connectivity index (χ3n) is 0.872. The van der Waals surface area contributed by atoms with Crippen LogP contribution in [0.15, 0.2) is 0 Å². The monoisotopic (exact) mass is 216 g/mol. The van der Waals surface area contributed by atoms with Crippen LogP contribution in [0.3, 0.4) is 0 Å². The average Bonchev–Trinajstić information content (AvgIpc) is 1.81. The predicted octanol–water partition coefficient (Wildman–Crippen LogP) is 0.537. The SMILES string of the molecule is O=C(Cl)OC(F)C([N+](=O)[O-])[N+](=O)[O-]. The zero-order chi connectivity index (χ0) is 10.6. The zero-order valence-corrected chi connectivity index (χ0v) is 6.51. The Balaban J connectivity index is 4.46. The molecule has 0 radical (unpaired) electrons. The smallest absolute Gasteiger partial charge is 0.405 e. The fourth-order valence-corrected chi connectivity index (χ4v) is 0.503. The number of nitrogens with zero attached hydrogens (tertiary/aromatic N) is 2. The number of nitro groups is 2. The lowest BCUT2D eigenvalue weighted by molar-refractivity contribution is -0.756. The second-order valence-electron chi connectivity index (χ2n) is 1.69. The molecule has 1 unspecified atom stereocenters. The maximum Gasteiger partial charge on any atom is 0.515 e. The molecular weight excluding hydrogens is 214 g/mol. The van der Waals surface area contributed by atoms with Gasteiger partial charge in [-0.3, -0.25) is 20.2 Å². The van der Waals surface area contributed by atoms with Gasteiger partial charge in [0.1, 0.15) is 9.85 Å². The van der Waals surface area contributed by atoms with Gasteiger partial charge in [0.05, 0.1) is 0 Å². The molecule has 0 N–H and O–H groups in total. The first kappa shape index (κ1) is 11.5. The molecule has 0 spiro atoms. The molecule has 1 atom stereocenters. The van der Waals surface area contributed by atoms with E-state index in [-0.39, 0.29) is 0 Å². The Morgan fingerprint density at radius 1 is 1.38 bits per heavy atom. The second-order valence-corrected chi connectivity index (χ2v) is 2.00. The zero-order valence-electron chi connectivity index (χ0n) is 5.75. The van der Waals surface area contributed by atoms with Crippen LogP contribution in [0.4, 0.5) is 9.18 Å². The van der Waals surface area contributed by atoms with Crippen LogP contribution in [-0.2, 0) is 4.74 Å². The summed E-state index contributed by atoms with van der Waals surface area (Å²) < 4.78 is 15.8. The van der Waals surface area contributed by atoms with E-state index >= 15 is 0 Å². The van der Waals surface area contributed by atoms with E-state index in [1.165, 1.54) is 0 Å². The van der Waals surface area contributed by atoms with Crippen LogP contribution in [-0.4, -0.2) is 27.8 Å².